The van der Waals surface area contributed by atoms with Gasteiger partial charge in [0.2, 0.25) is 15.9 Å². The first-order chi connectivity index (χ1) is 10.8. The van der Waals surface area contributed by atoms with Gasteiger partial charge in [-0.15, -0.1) is 0 Å². The molecule has 122 valence electrons. The summed E-state index contributed by atoms with van der Waals surface area (Å²) < 4.78 is 27.9. The molecule has 0 saturated heterocycles. The number of hydrogen-bond donors (Lipinski definition) is 2. The lowest BCUT2D eigenvalue weighted by Crippen LogP contribution is -2.41. The van der Waals surface area contributed by atoms with Crippen molar-refractivity contribution in [3.63, 3.8) is 0 Å². The summed E-state index contributed by atoms with van der Waals surface area (Å²) in [6.07, 6.45) is 0. The first-order valence-electron chi connectivity index (χ1n) is 6.94. The van der Waals surface area contributed by atoms with Gasteiger partial charge in [-0.05, 0) is 72.3 Å². The van der Waals surface area contributed by atoms with E-state index in [1.807, 2.05) is 19.1 Å². The van der Waals surface area contributed by atoms with Gasteiger partial charge in [-0.3, -0.25) is 4.79 Å². The van der Waals surface area contributed by atoms with Crippen LogP contribution in [0.25, 0.3) is 0 Å². The van der Waals surface area contributed by atoms with Crippen LogP contribution in [0.5, 0.6) is 0 Å². The van der Waals surface area contributed by atoms with Crippen LogP contribution in [-0.2, 0) is 14.8 Å². The van der Waals surface area contributed by atoms with Gasteiger partial charge < -0.3 is 5.32 Å². The Kier molecular flexibility index (Phi) is 5.77. The minimum atomic E-state index is -3.73. The molecule has 2 N–H and O–H groups in total. The molecule has 2 aromatic carbocycles. The highest BCUT2D eigenvalue weighted by atomic mass is 127. The second-order valence-electron chi connectivity index (χ2n) is 5.10. The van der Waals surface area contributed by atoms with E-state index in [0.29, 0.717) is 5.69 Å². The van der Waals surface area contributed by atoms with E-state index in [0.717, 1.165) is 9.13 Å². The summed E-state index contributed by atoms with van der Waals surface area (Å²) in [6, 6.07) is 12.7. The van der Waals surface area contributed by atoms with Crippen LogP contribution in [0.15, 0.2) is 53.4 Å². The number of hydrogen-bond acceptors (Lipinski definition) is 3. The zero-order valence-electron chi connectivity index (χ0n) is 12.7. The number of carbonyl (C=O) groups is 1. The van der Waals surface area contributed by atoms with Crippen LogP contribution in [0.1, 0.15) is 12.5 Å². The molecule has 0 saturated carbocycles. The van der Waals surface area contributed by atoms with E-state index in [1.54, 1.807) is 24.3 Å². The third-order valence-electron chi connectivity index (χ3n) is 3.23. The van der Waals surface area contributed by atoms with Gasteiger partial charge in [0.25, 0.3) is 0 Å². The van der Waals surface area contributed by atoms with Crippen LogP contribution in [0, 0.1) is 10.5 Å². The van der Waals surface area contributed by atoms with Crippen molar-refractivity contribution in [3.05, 3.63) is 57.7 Å². The summed E-state index contributed by atoms with van der Waals surface area (Å²) in [5.74, 6) is -0.409. The van der Waals surface area contributed by atoms with Crippen LogP contribution in [0.2, 0.25) is 0 Å². The van der Waals surface area contributed by atoms with Gasteiger partial charge in [-0.1, -0.05) is 18.2 Å². The van der Waals surface area contributed by atoms with Crippen molar-refractivity contribution in [2.75, 3.05) is 5.32 Å². The van der Waals surface area contributed by atoms with Crippen LogP contribution in [0.3, 0.4) is 0 Å². The Hall–Kier alpha value is -1.45. The standard InChI is InChI=1S/C16H17IN2O3S/c1-11-10-13(17)8-9-15(11)18-16(20)12(2)19-23(21,22)14-6-4-3-5-7-14/h3-10,12,19H,1-2H3,(H,18,20)/t12-/m0/s1. The molecule has 0 fully saturated rings. The third-order valence-corrected chi connectivity index (χ3v) is 5.45. The van der Waals surface area contributed by atoms with Crippen molar-refractivity contribution < 1.29 is 13.2 Å². The first-order valence-corrected chi connectivity index (χ1v) is 9.50. The maximum absolute atomic E-state index is 12.2. The van der Waals surface area contributed by atoms with Gasteiger partial charge in [0.15, 0.2) is 0 Å². The van der Waals surface area contributed by atoms with Gasteiger partial charge in [0.1, 0.15) is 0 Å². The number of sulfonamides is 1. The molecule has 0 radical (unpaired) electrons. The molecular formula is C16H17IN2O3S. The monoisotopic (exact) mass is 444 g/mol. The summed E-state index contributed by atoms with van der Waals surface area (Å²) in [4.78, 5) is 12.3. The van der Waals surface area contributed by atoms with Crippen molar-refractivity contribution in [2.24, 2.45) is 0 Å². The van der Waals surface area contributed by atoms with Crippen LogP contribution in [0.4, 0.5) is 5.69 Å². The highest BCUT2D eigenvalue weighted by Crippen LogP contribution is 2.18. The summed E-state index contributed by atoms with van der Waals surface area (Å²) in [5, 5.41) is 2.74. The highest BCUT2D eigenvalue weighted by molar-refractivity contribution is 14.1. The fourth-order valence-corrected chi connectivity index (χ4v) is 3.83. The fourth-order valence-electron chi connectivity index (χ4n) is 1.96. The third kappa shape index (κ3) is 4.76. The molecule has 0 heterocycles. The molecule has 0 spiro atoms. The van der Waals surface area contributed by atoms with Gasteiger partial charge in [-0.25, -0.2) is 8.42 Å². The molecule has 2 rings (SSSR count). The van der Waals surface area contributed by atoms with Gasteiger partial charge in [-0.2, -0.15) is 4.72 Å². The molecule has 5 nitrogen and oxygen atoms in total. The first kappa shape index (κ1) is 17.9. The lowest BCUT2D eigenvalue weighted by Gasteiger charge is -2.15. The molecule has 0 aliphatic carbocycles. The van der Waals surface area contributed by atoms with Crippen LogP contribution in [-0.4, -0.2) is 20.4 Å². The number of benzene rings is 2. The number of anilines is 1. The predicted octanol–water partition coefficient (Wildman–Crippen LogP) is 2.91. The minimum absolute atomic E-state index is 0.130. The van der Waals surface area contributed by atoms with Crippen LogP contribution < -0.4 is 10.0 Å². The van der Waals surface area contributed by atoms with Gasteiger partial charge in [0.05, 0.1) is 10.9 Å². The van der Waals surface area contributed by atoms with Gasteiger partial charge >= 0.3 is 0 Å². The smallest absolute Gasteiger partial charge is 0.242 e. The summed E-state index contributed by atoms with van der Waals surface area (Å²) in [7, 11) is -3.73. The largest absolute Gasteiger partial charge is 0.324 e. The normalized spacial score (nSPS) is 12.7. The molecule has 0 unspecified atom stereocenters. The number of amides is 1. The SMILES string of the molecule is Cc1cc(I)ccc1NC(=O)[C@H](C)NS(=O)(=O)c1ccccc1. The molecule has 0 aromatic heterocycles. The molecule has 7 heteroatoms. The molecule has 0 aliphatic rings. The summed E-state index contributed by atoms with van der Waals surface area (Å²) in [5.41, 5.74) is 1.59. The van der Waals surface area contributed by atoms with E-state index in [-0.39, 0.29) is 4.90 Å². The zero-order valence-corrected chi connectivity index (χ0v) is 15.7. The summed E-state index contributed by atoms with van der Waals surface area (Å²) in [6.45, 7) is 3.40. The van der Waals surface area contributed by atoms with E-state index in [1.165, 1.54) is 19.1 Å². The number of rotatable bonds is 5. The molecule has 2 aromatic rings. The number of halogens is 1. The van der Waals surface area contributed by atoms with E-state index >= 15 is 0 Å². The van der Waals surface area contributed by atoms with E-state index in [9.17, 15) is 13.2 Å². The Balaban J connectivity index is 2.08. The molecular weight excluding hydrogens is 427 g/mol. The van der Waals surface area contributed by atoms with Crippen molar-refractivity contribution in [3.8, 4) is 0 Å². The van der Waals surface area contributed by atoms with Crippen molar-refractivity contribution in [1.82, 2.24) is 4.72 Å². The van der Waals surface area contributed by atoms with Crippen molar-refractivity contribution in [1.29, 1.82) is 0 Å². The van der Waals surface area contributed by atoms with Gasteiger partial charge in [0, 0.05) is 9.26 Å². The molecule has 1 amide bonds. The lowest BCUT2D eigenvalue weighted by molar-refractivity contribution is -0.117. The zero-order chi connectivity index (χ0) is 17.0. The second kappa shape index (κ2) is 7.41. The molecule has 0 aliphatic heterocycles. The van der Waals surface area contributed by atoms with E-state index < -0.39 is 22.0 Å². The Morgan fingerprint density at radius 3 is 2.39 bits per heavy atom. The summed E-state index contributed by atoms with van der Waals surface area (Å²) >= 11 is 2.19. The topological polar surface area (TPSA) is 75.3 Å². The Labute approximate surface area is 149 Å². The fraction of sp³-hybridized carbons (Fsp3) is 0.188. The number of aryl methyl sites for hydroxylation is 1. The Bertz CT molecular complexity index is 807. The van der Waals surface area contributed by atoms with Crippen molar-refractivity contribution >= 4 is 44.2 Å². The Morgan fingerprint density at radius 1 is 1.13 bits per heavy atom. The lowest BCUT2D eigenvalue weighted by atomic mass is 10.2. The molecule has 23 heavy (non-hydrogen) atoms. The highest BCUT2D eigenvalue weighted by Gasteiger charge is 2.22. The molecule has 0 bridgehead atoms. The maximum atomic E-state index is 12.2. The second-order valence-corrected chi connectivity index (χ2v) is 8.06. The Morgan fingerprint density at radius 2 is 1.78 bits per heavy atom. The minimum Gasteiger partial charge on any atom is -0.324 e. The average Bonchev–Trinajstić information content (AvgIpc) is 2.50. The molecule has 1 atom stereocenters. The number of carbonyl (C=O) groups excluding carboxylic acids is 1. The maximum Gasteiger partial charge on any atom is 0.242 e. The quantitative estimate of drug-likeness (QED) is 0.697. The van der Waals surface area contributed by atoms with Crippen molar-refractivity contribution in [2.45, 2.75) is 24.8 Å². The predicted molar refractivity (Wildman–Crippen MR) is 98.8 cm³/mol. The van der Waals surface area contributed by atoms with E-state index in [4.69, 9.17) is 0 Å². The number of nitrogens with one attached hydrogen (secondary N) is 2. The van der Waals surface area contributed by atoms with Crippen LogP contribution >= 0.6 is 22.6 Å². The van der Waals surface area contributed by atoms with E-state index in [2.05, 4.69) is 32.6 Å². The average molecular weight is 444 g/mol.